The first-order valence-corrected chi connectivity index (χ1v) is 11.4. The predicted octanol–water partition coefficient (Wildman–Crippen LogP) is 5.87. The highest BCUT2D eigenvalue weighted by Crippen LogP contribution is 2.28. The number of aromatic nitrogens is 4. The van der Waals surface area contributed by atoms with E-state index in [0.717, 1.165) is 34.3 Å². The van der Waals surface area contributed by atoms with Crippen LogP contribution >= 0.6 is 23.1 Å². The zero-order valence-electron chi connectivity index (χ0n) is 16.0. The average Bonchev–Trinajstić information content (AvgIpc) is 3.55. The summed E-state index contributed by atoms with van der Waals surface area (Å²) in [6.45, 7) is 0. The lowest BCUT2D eigenvalue weighted by Crippen LogP contribution is -2.03. The summed E-state index contributed by atoms with van der Waals surface area (Å²) < 4.78 is 7.79. The van der Waals surface area contributed by atoms with E-state index in [2.05, 4.69) is 49.4 Å². The number of oxazole rings is 1. The minimum absolute atomic E-state index is 0.633. The molecule has 0 saturated heterocycles. The van der Waals surface area contributed by atoms with Gasteiger partial charge in [0.15, 0.2) is 5.16 Å². The van der Waals surface area contributed by atoms with Gasteiger partial charge in [-0.25, -0.2) is 4.98 Å². The highest BCUT2D eigenvalue weighted by Gasteiger charge is 2.16. The smallest absolute Gasteiger partial charge is 0.226 e. The zero-order valence-corrected chi connectivity index (χ0v) is 17.6. The lowest BCUT2D eigenvalue weighted by atomic mass is 10.2. The molecule has 2 aromatic carbocycles. The molecule has 0 saturated carbocycles. The Hall–Kier alpha value is -3.16. The van der Waals surface area contributed by atoms with Crippen LogP contribution in [-0.2, 0) is 12.2 Å². The SMILES string of the molecule is c1ccc(-c2nc(CSc3nnc(Cc4cccs4)n3-c3ccccc3)co2)cc1. The summed E-state index contributed by atoms with van der Waals surface area (Å²) in [7, 11) is 0. The Morgan fingerprint density at radius 3 is 2.47 bits per heavy atom. The summed E-state index contributed by atoms with van der Waals surface area (Å²) in [5.41, 5.74) is 2.90. The van der Waals surface area contributed by atoms with Crippen molar-refractivity contribution in [3.63, 3.8) is 0 Å². The minimum Gasteiger partial charge on any atom is -0.444 e. The molecular formula is C23H18N4OS2. The fourth-order valence-electron chi connectivity index (χ4n) is 3.14. The third kappa shape index (κ3) is 4.08. The largest absolute Gasteiger partial charge is 0.444 e. The first-order valence-electron chi connectivity index (χ1n) is 9.51. The quantitative estimate of drug-likeness (QED) is 0.302. The fraction of sp³-hybridized carbons (Fsp3) is 0.0870. The predicted molar refractivity (Wildman–Crippen MR) is 120 cm³/mol. The Bertz CT molecular complexity index is 1210. The molecule has 7 heteroatoms. The van der Waals surface area contributed by atoms with Crippen molar-refractivity contribution in [2.24, 2.45) is 0 Å². The summed E-state index contributed by atoms with van der Waals surface area (Å²) in [5, 5.41) is 11.9. The molecular weight excluding hydrogens is 412 g/mol. The maximum atomic E-state index is 5.66. The van der Waals surface area contributed by atoms with E-state index in [4.69, 9.17) is 4.42 Å². The van der Waals surface area contributed by atoms with Crippen LogP contribution in [0.2, 0.25) is 0 Å². The lowest BCUT2D eigenvalue weighted by Gasteiger charge is -2.09. The lowest BCUT2D eigenvalue weighted by molar-refractivity contribution is 0.573. The van der Waals surface area contributed by atoms with Crippen molar-refractivity contribution < 1.29 is 4.42 Å². The van der Waals surface area contributed by atoms with E-state index in [-0.39, 0.29) is 0 Å². The molecule has 0 aliphatic carbocycles. The van der Waals surface area contributed by atoms with Crippen LogP contribution in [0, 0.1) is 0 Å². The standard InChI is InChI=1S/C23H18N4OS2/c1-3-8-17(9-4-1)22-24-18(15-28-22)16-30-23-26-25-21(14-20-12-7-13-29-20)27(23)19-10-5-2-6-11-19/h1-13,15H,14,16H2. The Labute approximate surface area is 182 Å². The summed E-state index contributed by atoms with van der Waals surface area (Å²) in [4.78, 5) is 5.89. The number of thiophene rings is 1. The van der Waals surface area contributed by atoms with Crippen molar-refractivity contribution in [2.45, 2.75) is 17.3 Å². The highest BCUT2D eigenvalue weighted by atomic mass is 32.2. The van der Waals surface area contributed by atoms with Gasteiger partial charge in [0.05, 0.1) is 5.69 Å². The first-order chi connectivity index (χ1) is 14.9. The first kappa shape index (κ1) is 18.8. The van der Waals surface area contributed by atoms with Crippen LogP contribution in [-0.4, -0.2) is 19.7 Å². The van der Waals surface area contributed by atoms with E-state index >= 15 is 0 Å². The second-order valence-electron chi connectivity index (χ2n) is 6.62. The van der Waals surface area contributed by atoms with Crippen LogP contribution in [0.4, 0.5) is 0 Å². The third-order valence-electron chi connectivity index (χ3n) is 4.55. The number of hydrogen-bond acceptors (Lipinski definition) is 6. The van der Waals surface area contributed by atoms with E-state index in [9.17, 15) is 0 Å². The second-order valence-corrected chi connectivity index (χ2v) is 8.60. The van der Waals surface area contributed by atoms with Crippen LogP contribution in [0.5, 0.6) is 0 Å². The molecule has 30 heavy (non-hydrogen) atoms. The molecule has 0 atom stereocenters. The van der Waals surface area contributed by atoms with Gasteiger partial charge in [-0.1, -0.05) is 54.2 Å². The van der Waals surface area contributed by atoms with Crippen molar-refractivity contribution in [2.75, 3.05) is 0 Å². The molecule has 148 valence electrons. The number of hydrogen-bond donors (Lipinski definition) is 0. The minimum atomic E-state index is 0.633. The summed E-state index contributed by atoms with van der Waals surface area (Å²) in [5.74, 6) is 2.21. The molecule has 5 aromatic rings. The van der Waals surface area contributed by atoms with Gasteiger partial charge in [0.1, 0.15) is 12.1 Å². The normalized spacial score (nSPS) is 11.1. The van der Waals surface area contributed by atoms with Crippen LogP contribution < -0.4 is 0 Å². The van der Waals surface area contributed by atoms with Crippen molar-refractivity contribution in [3.05, 3.63) is 101 Å². The maximum Gasteiger partial charge on any atom is 0.226 e. The summed E-state index contributed by atoms with van der Waals surface area (Å²) in [6, 6.07) is 24.3. The Balaban J connectivity index is 1.39. The van der Waals surface area contributed by atoms with Gasteiger partial charge in [0.25, 0.3) is 0 Å². The molecule has 0 spiro atoms. The van der Waals surface area contributed by atoms with Gasteiger partial charge in [-0.05, 0) is 35.7 Å². The van der Waals surface area contributed by atoms with Gasteiger partial charge in [-0.3, -0.25) is 4.57 Å². The molecule has 0 aliphatic heterocycles. The summed E-state index contributed by atoms with van der Waals surface area (Å²) in [6.07, 6.45) is 2.47. The maximum absolute atomic E-state index is 5.66. The molecule has 0 N–H and O–H groups in total. The van der Waals surface area contributed by atoms with Crippen molar-refractivity contribution in [1.82, 2.24) is 19.7 Å². The molecule has 0 unspecified atom stereocenters. The fourth-order valence-corrected chi connectivity index (χ4v) is 4.69. The van der Waals surface area contributed by atoms with Gasteiger partial charge < -0.3 is 4.42 Å². The van der Waals surface area contributed by atoms with E-state index in [1.54, 1.807) is 29.4 Å². The van der Waals surface area contributed by atoms with Crippen LogP contribution in [0.15, 0.2) is 94.0 Å². The number of thioether (sulfide) groups is 1. The molecule has 5 rings (SSSR count). The van der Waals surface area contributed by atoms with E-state index in [0.29, 0.717) is 11.6 Å². The second kappa shape index (κ2) is 8.69. The van der Waals surface area contributed by atoms with Crippen LogP contribution in [0.3, 0.4) is 0 Å². The van der Waals surface area contributed by atoms with E-state index in [1.807, 2.05) is 48.5 Å². The molecule has 3 heterocycles. The van der Waals surface area contributed by atoms with Gasteiger partial charge >= 0.3 is 0 Å². The highest BCUT2D eigenvalue weighted by molar-refractivity contribution is 7.98. The molecule has 0 aliphatic rings. The zero-order chi connectivity index (χ0) is 20.2. The molecule has 3 aromatic heterocycles. The number of benzene rings is 2. The monoisotopic (exact) mass is 430 g/mol. The number of nitrogens with zero attached hydrogens (tertiary/aromatic N) is 4. The average molecular weight is 431 g/mol. The molecule has 0 fully saturated rings. The van der Waals surface area contributed by atoms with Gasteiger partial charge in [0, 0.05) is 28.3 Å². The Kier molecular flexibility index (Phi) is 5.46. The Morgan fingerprint density at radius 2 is 1.70 bits per heavy atom. The number of rotatable bonds is 7. The van der Waals surface area contributed by atoms with E-state index < -0.39 is 0 Å². The molecule has 0 amide bonds. The molecule has 0 radical (unpaired) electrons. The third-order valence-corrected chi connectivity index (χ3v) is 6.39. The summed E-state index contributed by atoms with van der Waals surface area (Å²) >= 11 is 3.34. The van der Waals surface area contributed by atoms with Gasteiger partial charge in [-0.15, -0.1) is 21.5 Å². The van der Waals surface area contributed by atoms with E-state index in [1.165, 1.54) is 4.88 Å². The Morgan fingerprint density at radius 1 is 0.900 bits per heavy atom. The molecule has 0 bridgehead atoms. The van der Waals surface area contributed by atoms with Gasteiger partial charge in [0.2, 0.25) is 5.89 Å². The topological polar surface area (TPSA) is 56.7 Å². The molecule has 5 nitrogen and oxygen atoms in total. The van der Waals surface area contributed by atoms with Gasteiger partial charge in [-0.2, -0.15) is 0 Å². The number of para-hydroxylation sites is 1. The van der Waals surface area contributed by atoms with Crippen LogP contribution in [0.1, 0.15) is 16.4 Å². The van der Waals surface area contributed by atoms with Crippen LogP contribution in [0.25, 0.3) is 17.1 Å². The van der Waals surface area contributed by atoms with Crippen molar-refractivity contribution in [1.29, 1.82) is 0 Å². The van der Waals surface area contributed by atoms with Crippen molar-refractivity contribution in [3.8, 4) is 17.1 Å². The van der Waals surface area contributed by atoms with Crippen molar-refractivity contribution >= 4 is 23.1 Å².